The molecule has 1 heterocycles. The Hall–Kier alpha value is -3.62. The van der Waals surface area contributed by atoms with Crippen LogP contribution in [0.1, 0.15) is 48.7 Å². The van der Waals surface area contributed by atoms with Crippen molar-refractivity contribution in [3.8, 4) is 16.9 Å². The number of rotatable bonds is 14. The molecule has 228 valence electrons. The maximum absolute atomic E-state index is 13.5. The van der Waals surface area contributed by atoms with Crippen molar-refractivity contribution in [3.63, 3.8) is 0 Å². The largest absolute Gasteiger partial charge is 0.493 e. The highest BCUT2D eigenvalue weighted by molar-refractivity contribution is 5.99. The Kier molecular flexibility index (Phi) is 12.6. The lowest BCUT2D eigenvalue weighted by atomic mass is 9.95. The fourth-order valence-electron chi connectivity index (χ4n) is 4.99. The lowest BCUT2D eigenvalue weighted by molar-refractivity contribution is -0.105. The van der Waals surface area contributed by atoms with E-state index in [0.29, 0.717) is 17.7 Å². The van der Waals surface area contributed by atoms with E-state index < -0.39 is 0 Å². The number of hydrogen-bond donors (Lipinski definition) is 2. The smallest absolute Gasteiger partial charge is 0.251 e. The summed E-state index contributed by atoms with van der Waals surface area (Å²) in [6.45, 7) is 16.1. The topological polar surface area (TPSA) is 83.1 Å². The molecule has 2 aromatic rings. The predicted octanol–water partition coefficient (Wildman–Crippen LogP) is 4.90. The highest BCUT2D eigenvalue weighted by Crippen LogP contribution is 2.33. The van der Waals surface area contributed by atoms with Gasteiger partial charge in [0, 0.05) is 69.3 Å². The zero-order valence-corrected chi connectivity index (χ0v) is 26.4. The van der Waals surface area contributed by atoms with Crippen molar-refractivity contribution in [2.75, 3.05) is 71.5 Å². The standard InChI is InChI=1S/C34H48N4O4/c1-8-37(7)32-21-29(20-31(27(32)5)34(40)36-22-30(23-39)24(2)18-26(4)35-6)28-10-11-33(25(3)19-28)42-15-9-12-38-13-16-41-17-14-38/h10-11,18-21,23,35H,8-9,12-17,22H2,1-7H3,(H,36,40)/b26-18-,30-24-. The van der Waals surface area contributed by atoms with Crippen molar-refractivity contribution in [2.45, 2.75) is 41.0 Å². The normalized spacial score (nSPS) is 14.7. The Balaban J connectivity index is 1.80. The van der Waals surface area contributed by atoms with E-state index in [-0.39, 0.29) is 12.5 Å². The minimum absolute atomic E-state index is 0.154. The third-order valence-electron chi connectivity index (χ3n) is 7.91. The van der Waals surface area contributed by atoms with Crippen molar-refractivity contribution >= 4 is 17.9 Å². The van der Waals surface area contributed by atoms with E-state index in [9.17, 15) is 9.59 Å². The van der Waals surface area contributed by atoms with Crippen molar-refractivity contribution in [2.24, 2.45) is 0 Å². The number of carbonyl (C=O) groups is 2. The van der Waals surface area contributed by atoms with Crippen LogP contribution in [-0.4, -0.2) is 83.7 Å². The fourth-order valence-corrected chi connectivity index (χ4v) is 4.99. The summed E-state index contributed by atoms with van der Waals surface area (Å²) in [6.07, 6.45) is 3.68. The Bertz CT molecular complexity index is 1290. The maximum atomic E-state index is 13.5. The zero-order valence-electron chi connectivity index (χ0n) is 26.4. The first kappa shape index (κ1) is 32.9. The van der Waals surface area contributed by atoms with E-state index in [1.807, 2.05) is 53.1 Å². The first-order valence-corrected chi connectivity index (χ1v) is 14.9. The van der Waals surface area contributed by atoms with Crippen LogP contribution in [-0.2, 0) is 9.53 Å². The number of ether oxygens (including phenoxy) is 2. The van der Waals surface area contributed by atoms with Gasteiger partial charge < -0.3 is 25.0 Å². The summed E-state index contributed by atoms with van der Waals surface area (Å²) in [7, 11) is 3.86. The average molecular weight is 577 g/mol. The van der Waals surface area contributed by atoms with Crippen LogP contribution in [0.4, 0.5) is 5.69 Å². The molecule has 8 heteroatoms. The minimum Gasteiger partial charge on any atom is -0.493 e. The summed E-state index contributed by atoms with van der Waals surface area (Å²) < 4.78 is 11.5. The van der Waals surface area contributed by atoms with Gasteiger partial charge in [0.05, 0.1) is 19.8 Å². The second kappa shape index (κ2) is 16.1. The summed E-state index contributed by atoms with van der Waals surface area (Å²) in [6, 6.07) is 10.3. The highest BCUT2D eigenvalue weighted by atomic mass is 16.5. The number of nitrogens with one attached hydrogen (secondary N) is 2. The lowest BCUT2D eigenvalue weighted by Crippen LogP contribution is -2.37. The third kappa shape index (κ3) is 8.94. The molecule has 2 aromatic carbocycles. The van der Waals surface area contributed by atoms with Crippen molar-refractivity contribution in [3.05, 3.63) is 69.9 Å². The van der Waals surface area contributed by atoms with Crippen LogP contribution in [0.15, 0.2) is 53.3 Å². The van der Waals surface area contributed by atoms with Crippen LogP contribution in [0.2, 0.25) is 0 Å². The van der Waals surface area contributed by atoms with Gasteiger partial charge >= 0.3 is 0 Å². The summed E-state index contributed by atoms with van der Waals surface area (Å²) in [5, 5.41) is 6.03. The first-order chi connectivity index (χ1) is 20.2. The number of nitrogens with zero attached hydrogens (tertiary/aromatic N) is 2. The zero-order chi connectivity index (χ0) is 30.6. The summed E-state index contributed by atoms with van der Waals surface area (Å²) in [5.41, 5.74) is 7.80. The molecule has 1 saturated heterocycles. The molecule has 3 rings (SSSR count). The number of allylic oxidation sites excluding steroid dienone is 3. The van der Waals surface area contributed by atoms with Gasteiger partial charge in [-0.2, -0.15) is 0 Å². The summed E-state index contributed by atoms with van der Waals surface area (Å²) in [4.78, 5) is 29.8. The fraction of sp³-hybridized carbons (Fsp3) is 0.471. The van der Waals surface area contributed by atoms with Crippen LogP contribution in [0.3, 0.4) is 0 Å². The van der Waals surface area contributed by atoms with Crippen LogP contribution >= 0.6 is 0 Å². The van der Waals surface area contributed by atoms with E-state index in [4.69, 9.17) is 9.47 Å². The van der Waals surface area contributed by atoms with E-state index in [0.717, 1.165) is 97.1 Å². The number of aldehydes is 1. The van der Waals surface area contributed by atoms with Crippen molar-refractivity contribution < 1.29 is 19.1 Å². The molecule has 0 bridgehead atoms. The molecule has 1 amide bonds. The molecular weight excluding hydrogens is 528 g/mol. The van der Waals surface area contributed by atoms with Crippen LogP contribution in [0, 0.1) is 13.8 Å². The van der Waals surface area contributed by atoms with Crippen LogP contribution in [0.5, 0.6) is 5.75 Å². The monoisotopic (exact) mass is 576 g/mol. The van der Waals surface area contributed by atoms with Gasteiger partial charge in [-0.25, -0.2) is 0 Å². The molecule has 0 radical (unpaired) electrons. The van der Waals surface area contributed by atoms with E-state index in [2.05, 4.69) is 52.5 Å². The van der Waals surface area contributed by atoms with E-state index in [1.165, 1.54) is 0 Å². The molecule has 0 saturated carbocycles. The third-order valence-corrected chi connectivity index (χ3v) is 7.91. The molecule has 2 N–H and O–H groups in total. The van der Waals surface area contributed by atoms with Gasteiger partial charge in [-0.3, -0.25) is 14.5 Å². The Morgan fingerprint density at radius 2 is 1.86 bits per heavy atom. The molecule has 1 fully saturated rings. The van der Waals surface area contributed by atoms with Gasteiger partial charge in [-0.1, -0.05) is 6.07 Å². The SMILES string of the molecule is CCN(C)c1cc(-c2ccc(OCCCN3CCOCC3)c(C)c2)cc(C(=O)NC/C(C=O)=C(C)/C=C(/C)NC)c1C. The van der Waals surface area contributed by atoms with Crippen molar-refractivity contribution in [1.29, 1.82) is 0 Å². The first-order valence-electron chi connectivity index (χ1n) is 14.9. The number of carbonyl (C=O) groups excluding carboxylic acids is 2. The van der Waals surface area contributed by atoms with Gasteiger partial charge in [0.1, 0.15) is 12.0 Å². The molecule has 8 nitrogen and oxygen atoms in total. The molecule has 0 spiro atoms. The Morgan fingerprint density at radius 1 is 1.12 bits per heavy atom. The van der Waals surface area contributed by atoms with E-state index in [1.54, 1.807) is 0 Å². The average Bonchev–Trinajstić information content (AvgIpc) is 3.00. The molecule has 0 atom stereocenters. The van der Waals surface area contributed by atoms with Gasteiger partial charge in [0.15, 0.2) is 0 Å². The van der Waals surface area contributed by atoms with Crippen LogP contribution in [0.25, 0.3) is 11.1 Å². The second-order valence-electron chi connectivity index (χ2n) is 10.9. The number of aryl methyl sites for hydroxylation is 1. The lowest BCUT2D eigenvalue weighted by Gasteiger charge is -2.26. The molecular formula is C34H48N4O4. The number of benzene rings is 2. The molecule has 0 unspecified atom stereocenters. The maximum Gasteiger partial charge on any atom is 0.251 e. The number of anilines is 1. The predicted molar refractivity (Wildman–Crippen MR) is 172 cm³/mol. The summed E-state index contributed by atoms with van der Waals surface area (Å²) >= 11 is 0. The van der Waals surface area contributed by atoms with Gasteiger partial charge in [-0.15, -0.1) is 0 Å². The molecule has 1 aliphatic rings. The number of hydrogen-bond acceptors (Lipinski definition) is 7. The van der Waals surface area contributed by atoms with Gasteiger partial charge in [-0.05, 0) is 99.2 Å². The molecule has 0 aromatic heterocycles. The Morgan fingerprint density at radius 3 is 2.50 bits per heavy atom. The second-order valence-corrected chi connectivity index (χ2v) is 10.9. The summed E-state index contributed by atoms with van der Waals surface area (Å²) in [5.74, 6) is 0.668. The number of amides is 1. The van der Waals surface area contributed by atoms with Crippen molar-refractivity contribution in [1.82, 2.24) is 15.5 Å². The minimum atomic E-state index is -0.210. The Labute approximate surface area is 251 Å². The van der Waals surface area contributed by atoms with Crippen LogP contribution < -0.4 is 20.3 Å². The van der Waals surface area contributed by atoms with E-state index >= 15 is 0 Å². The molecule has 42 heavy (non-hydrogen) atoms. The molecule has 0 aliphatic carbocycles. The van der Waals surface area contributed by atoms with Gasteiger partial charge in [0.25, 0.3) is 5.91 Å². The highest BCUT2D eigenvalue weighted by Gasteiger charge is 2.18. The quantitative estimate of drug-likeness (QED) is 0.143. The molecule has 1 aliphatic heterocycles. The number of morpholine rings is 1. The van der Waals surface area contributed by atoms with Gasteiger partial charge in [0.2, 0.25) is 0 Å².